The van der Waals surface area contributed by atoms with E-state index in [9.17, 15) is 9.59 Å². The zero-order chi connectivity index (χ0) is 21.3. The quantitative estimate of drug-likeness (QED) is 0.611. The van der Waals surface area contributed by atoms with Gasteiger partial charge in [0.15, 0.2) is 5.82 Å². The lowest BCUT2D eigenvalue weighted by molar-refractivity contribution is -0.120. The highest BCUT2D eigenvalue weighted by Gasteiger charge is 2.38. The molecule has 2 heterocycles. The first-order chi connectivity index (χ1) is 14.5. The van der Waals surface area contributed by atoms with Gasteiger partial charge in [0, 0.05) is 17.7 Å². The van der Waals surface area contributed by atoms with Crippen LogP contribution in [0.3, 0.4) is 0 Å². The molecule has 0 saturated carbocycles. The summed E-state index contributed by atoms with van der Waals surface area (Å²) in [5.74, 6) is -0.0733. The normalized spacial score (nSPS) is 13.7. The summed E-state index contributed by atoms with van der Waals surface area (Å²) in [4.78, 5) is 32.2. The Morgan fingerprint density at radius 2 is 1.90 bits per heavy atom. The fourth-order valence-corrected chi connectivity index (χ4v) is 3.71. The Balaban J connectivity index is 1.76. The molecular formula is C22H19ClN4O3. The number of pyridine rings is 1. The number of hydrogen-bond donors (Lipinski definition) is 2. The summed E-state index contributed by atoms with van der Waals surface area (Å²) in [6.07, 6.45) is 0. The molecule has 0 aliphatic carbocycles. The maximum Gasteiger partial charge on any atom is 0.255 e. The fourth-order valence-electron chi connectivity index (χ4n) is 3.56. The summed E-state index contributed by atoms with van der Waals surface area (Å²) in [5, 5.41) is 2.91. The van der Waals surface area contributed by atoms with Gasteiger partial charge in [-0.3, -0.25) is 9.59 Å². The molecule has 0 fully saturated rings. The number of nitrogens with zero attached hydrogens (tertiary/aromatic N) is 2. The molecule has 2 amide bonds. The fraction of sp³-hybridized carbons (Fsp3) is 0.136. The zero-order valence-corrected chi connectivity index (χ0v) is 16.9. The van der Waals surface area contributed by atoms with Gasteiger partial charge >= 0.3 is 0 Å². The Labute approximate surface area is 178 Å². The number of anilines is 2. The number of ether oxygens (including phenoxy) is 1. The van der Waals surface area contributed by atoms with Gasteiger partial charge in [-0.1, -0.05) is 48.0 Å². The monoisotopic (exact) mass is 422 g/mol. The van der Waals surface area contributed by atoms with Crippen molar-refractivity contribution in [2.45, 2.75) is 12.6 Å². The van der Waals surface area contributed by atoms with E-state index in [2.05, 4.69) is 10.3 Å². The van der Waals surface area contributed by atoms with Crippen LogP contribution in [0.4, 0.5) is 11.5 Å². The average molecular weight is 423 g/mol. The molecule has 0 radical (unpaired) electrons. The topological polar surface area (TPSA) is 97.5 Å². The van der Waals surface area contributed by atoms with E-state index < -0.39 is 11.9 Å². The highest BCUT2D eigenvalue weighted by atomic mass is 35.5. The van der Waals surface area contributed by atoms with Crippen molar-refractivity contribution < 1.29 is 14.3 Å². The largest absolute Gasteiger partial charge is 0.496 e. The number of benzene rings is 2. The Morgan fingerprint density at radius 3 is 2.67 bits per heavy atom. The van der Waals surface area contributed by atoms with E-state index in [1.807, 2.05) is 12.1 Å². The van der Waals surface area contributed by atoms with Gasteiger partial charge in [0.05, 0.1) is 12.8 Å². The summed E-state index contributed by atoms with van der Waals surface area (Å²) in [6, 6.07) is 16.5. The highest BCUT2D eigenvalue weighted by Crippen LogP contribution is 2.36. The number of carbonyl (C=O) groups excluding carboxylic acids is 2. The lowest BCUT2D eigenvalue weighted by atomic mass is 10.0. The third kappa shape index (κ3) is 3.55. The minimum Gasteiger partial charge on any atom is -0.496 e. The number of carbonyl (C=O) groups is 2. The summed E-state index contributed by atoms with van der Waals surface area (Å²) >= 11 is 5.95. The van der Waals surface area contributed by atoms with E-state index in [0.29, 0.717) is 23.4 Å². The van der Waals surface area contributed by atoms with Crippen LogP contribution in [0.25, 0.3) is 0 Å². The Hall–Kier alpha value is -3.58. The molecule has 4 rings (SSSR count). The summed E-state index contributed by atoms with van der Waals surface area (Å²) in [6.45, 7) is 0.295. The number of nitrogens with two attached hydrogens (primary N) is 1. The highest BCUT2D eigenvalue weighted by molar-refractivity contribution is 6.29. The number of fused-ring (bicyclic) bond motifs is 1. The van der Waals surface area contributed by atoms with Crippen molar-refractivity contribution in [3.63, 3.8) is 0 Å². The molecule has 1 atom stereocenters. The maximum atomic E-state index is 13.4. The van der Waals surface area contributed by atoms with Crippen LogP contribution >= 0.6 is 11.6 Å². The second-order valence-corrected chi connectivity index (χ2v) is 7.18. The lowest BCUT2D eigenvalue weighted by Gasteiger charge is -2.28. The predicted octanol–water partition coefficient (Wildman–Crippen LogP) is 3.66. The number of nitrogen functional groups attached to an aromatic ring is 1. The molecule has 1 unspecified atom stereocenters. The molecule has 152 valence electrons. The number of methoxy groups -OCH3 is 1. The van der Waals surface area contributed by atoms with E-state index in [4.69, 9.17) is 22.1 Å². The minimum absolute atomic E-state index is 0.136. The van der Waals surface area contributed by atoms with Gasteiger partial charge in [0.1, 0.15) is 16.9 Å². The van der Waals surface area contributed by atoms with E-state index in [1.54, 1.807) is 42.5 Å². The number of aromatic nitrogens is 1. The minimum atomic E-state index is -0.957. The predicted molar refractivity (Wildman–Crippen MR) is 114 cm³/mol. The smallest absolute Gasteiger partial charge is 0.255 e. The SMILES string of the molecule is COc1ccccc1C(C(=O)Nc1nc(Cl)ccc1N)N1Cc2ccccc2C1=O. The molecule has 1 aromatic heterocycles. The summed E-state index contributed by atoms with van der Waals surface area (Å²) in [5.41, 5.74) is 8.19. The number of para-hydroxylation sites is 1. The van der Waals surface area contributed by atoms with Crippen LogP contribution in [0.2, 0.25) is 5.15 Å². The van der Waals surface area contributed by atoms with E-state index in [-0.39, 0.29) is 22.6 Å². The molecule has 30 heavy (non-hydrogen) atoms. The molecule has 0 bridgehead atoms. The molecule has 0 saturated heterocycles. The van der Waals surface area contributed by atoms with Crippen LogP contribution < -0.4 is 15.8 Å². The van der Waals surface area contributed by atoms with Gasteiger partial charge in [-0.2, -0.15) is 0 Å². The van der Waals surface area contributed by atoms with Crippen molar-refractivity contribution in [2.24, 2.45) is 0 Å². The van der Waals surface area contributed by atoms with Crippen molar-refractivity contribution >= 4 is 34.9 Å². The zero-order valence-electron chi connectivity index (χ0n) is 16.1. The third-order valence-electron chi connectivity index (χ3n) is 4.98. The van der Waals surface area contributed by atoms with Crippen LogP contribution in [-0.2, 0) is 11.3 Å². The first kappa shape index (κ1) is 19.7. The second-order valence-electron chi connectivity index (χ2n) is 6.80. The van der Waals surface area contributed by atoms with Crippen LogP contribution in [0, 0.1) is 0 Å². The number of hydrogen-bond acceptors (Lipinski definition) is 5. The molecular weight excluding hydrogens is 404 g/mol. The molecule has 2 aromatic carbocycles. The molecule has 1 aliphatic rings. The molecule has 8 heteroatoms. The first-order valence-electron chi connectivity index (χ1n) is 9.24. The van der Waals surface area contributed by atoms with Crippen LogP contribution in [0.15, 0.2) is 60.7 Å². The second kappa shape index (κ2) is 8.04. The van der Waals surface area contributed by atoms with Crippen LogP contribution in [0.1, 0.15) is 27.5 Å². The number of amides is 2. The van der Waals surface area contributed by atoms with Crippen molar-refractivity contribution in [3.8, 4) is 5.75 Å². The van der Waals surface area contributed by atoms with Gasteiger partial charge < -0.3 is 20.7 Å². The standard InChI is InChI=1S/C22H19ClN4O3/c1-30-17-9-5-4-8-15(17)19(21(28)26-20-16(24)10-11-18(23)25-20)27-12-13-6-2-3-7-14(13)22(27)29/h2-11,19H,12,24H2,1H3,(H,25,26,28). The van der Waals surface area contributed by atoms with Gasteiger partial charge in [-0.15, -0.1) is 0 Å². The number of rotatable bonds is 5. The molecule has 0 spiro atoms. The van der Waals surface area contributed by atoms with Gasteiger partial charge in [-0.05, 0) is 29.8 Å². The maximum absolute atomic E-state index is 13.4. The van der Waals surface area contributed by atoms with E-state index >= 15 is 0 Å². The van der Waals surface area contributed by atoms with Gasteiger partial charge in [0.25, 0.3) is 11.8 Å². The molecule has 3 N–H and O–H groups in total. The molecule has 7 nitrogen and oxygen atoms in total. The van der Waals surface area contributed by atoms with Crippen molar-refractivity contribution in [1.29, 1.82) is 0 Å². The first-order valence-corrected chi connectivity index (χ1v) is 9.62. The average Bonchev–Trinajstić information content (AvgIpc) is 3.08. The number of nitrogens with one attached hydrogen (secondary N) is 1. The number of halogens is 1. The van der Waals surface area contributed by atoms with Crippen molar-refractivity contribution in [2.75, 3.05) is 18.2 Å². The van der Waals surface area contributed by atoms with Crippen LogP contribution in [0.5, 0.6) is 5.75 Å². The molecule has 3 aromatic rings. The summed E-state index contributed by atoms with van der Waals surface area (Å²) in [7, 11) is 1.52. The third-order valence-corrected chi connectivity index (χ3v) is 5.19. The summed E-state index contributed by atoms with van der Waals surface area (Å²) < 4.78 is 5.46. The van der Waals surface area contributed by atoms with Crippen molar-refractivity contribution in [1.82, 2.24) is 9.88 Å². The Bertz CT molecular complexity index is 1130. The van der Waals surface area contributed by atoms with E-state index in [1.165, 1.54) is 18.1 Å². The van der Waals surface area contributed by atoms with Crippen molar-refractivity contribution in [3.05, 3.63) is 82.5 Å². The lowest BCUT2D eigenvalue weighted by Crippen LogP contribution is -2.38. The Kier molecular flexibility index (Phi) is 5.29. The Morgan fingerprint density at radius 1 is 1.17 bits per heavy atom. The molecule has 1 aliphatic heterocycles. The van der Waals surface area contributed by atoms with Crippen LogP contribution in [-0.4, -0.2) is 28.8 Å². The van der Waals surface area contributed by atoms with Gasteiger partial charge in [-0.25, -0.2) is 4.98 Å². The van der Waals surface area contributed by atoms with E-state index in [0.717, 1.165) is 5.56 Å². The van der Waals surface area contributed by atoms with Gasteiger partial charge in [0.2, 0.25) is 0 Å².